The summed E-state index contributed by atoms with van der Waals surface area (Å²) in [6.45, 7) is 2.39. The van der Waals surface area contributed by atoms with Crippen LogP contribution < -0.4 is 5.32 Å². The van der Waals surface area contributed by atoms with Gasteiger partial charge in [0.2, 0.25) is 0 Å². The first-order valence-corrected chi connectivity index (χ1v) is 7.79. The Kier molecular flexibility index (Phi) is 4.83. The molecule has 88 valence electrons. The molecule has 1 heterocycles. The Balaban J connectivity index is 1.75. The van der Waals surface area contributed by atoms with E-state index in [1.807, 2.05) is 0 Å². The molecule has 0 aromatic heterocycles. The van der Waals surface area contributed by atoms with Gasteiger partial charge in [0.05, 0.1) is 0 Å². The van der Waals surface area contributed by atoms with E-state index in [0.717, 1.165) is 17.3 Å². The van der Waals surface area contributed by atoms with Crippen LogP contribution in [-0.2, 0) is 0 Å². The van der Waals surface area contributed by atoms with Gasteiger partial charge in [0, 0.05) is 17.3 Å². The largest absolute Gasteiger partial charge is 0.310 e. The zero-order valence-electron chi connectivity index (χ0n) is 10.0. The van der Waals surface area contributed by atoms with Crippen LogP contribution in [0, 0.1) is 0 Å². The van der Waals surface area contributed by atoms with Gasteiger partial charge < -0.3 is 5.32 Å². The summed E-state index contributed by atoms with van der Waals surface area (Å²) in [5.41, 5.74) is 0. The molecule has 2 heteroatoms. The summed E-state index contributed by atoms with van der Waals surface area (Å²) in [7, 11) is 0. The Morgan fingerprint density at radius 2 is 1.60 bits per heavy atom. The van der Waals surface area contributed by atoms with Gasteiger partial charge in [0.15, 0.2) is 0 Å². The first-order valence-electron chi connectivity index (χ1n) is 6.74. The zero-order chi connectivity index (χ0) is 10.5. The molecule has 2 atom stereocenters. The van der Waals surface area contributed by atoms with Gasteiger partial charge in [-0.3, -0.25) is 0 Å². The van der Waals surface area contributed by atoms with E-state index in [1.165, 1.54) is 57.1 Å². The summed E-state index contributed by atoms with van der Waals surface area (Å²) in [5, 5.41) is 4.76. The van der Waals surface area contributed by atoms with Gasteiger partial charge in [0.25, 0.3) is 0 Å². The summed E-state index contributed by atoms with van der Waals surface area (Å²) in [5.74, 6) is 1.37. The number of thioether (sulfide) groups is 1. The minimum atomic E-state index is 0.805. The number of hydrogen-bond acceptors (Lipinski definition) is 2. The molecule has 0 bridgehead atoms. The van der Waals surface area contributed by atoms with Gasteiger partial charge in [-0.15, -0.1) is 0 Å². The van der Waals surface area contributed by atoms with E-state index in [-0.39, 0.29) is 0 Å². The highest BCUT2D eigenvalue weighted by Crippen LogP contribution is 2.27. The van der Waals surface area contributed by atoms with Crippen molar-refractivity contribution in [3.63, 3.8) is 0 Å². The molecule has 0 aromatic carbocycles. The van der Waals surface area contributed by atoms with Gasteiger partial charge in [-0.05, 0) is 25.0 Å². The first-order chi connectivity index (χ1) is 7.36. The lowest BCUT2D eigenvalue weighted by molar-refractivity contribution is 0.350. The van der Waals surface area contributed by atoms with E-state index in [4.69, 9.17) is 0 Å². The summed E-state index contributed by atoms with van der Waals surface area (Å²) < 4.78 is 0. The highest BCUT2D eigenvalue weighted by atomic mass is 32.2. The average Bonchev–Trinajstić information content (AvgIpc) is 2.56. The van der Waals surface area contributed by atoms with Gasteiger partial charge in [0.1, 0.15) is 0 Å². The van der Waals surface area contributed by atoms with Crippen molar-refractivity contribution in [1.82, 2.24) is 5.32 Å². The predicted octanol–water partition coefficient (Wildman–Crippen LogP) is 3.58. The monoisotopic (exact) mass is 227 g/mol. The third kappa shape index (κ3) is 3.67. The quantitative estimate of drug-likeness (QED) is 0.774. The van der Waals surface area contributed by atoms with E-state index < -0.39 is 0 Å². The second-order valence-corrected chi connectivity index (χ2v) is 6.66. The fraction of sp³-hybridized carbons (Fsp3) is 1.00. The number of rotatable bonds is 2. The smallest absolute Gasteiger partial charge is 0.0194 e. The van der Waals surface area contributed by atoms with Crippen molar-refractivity contribution in [2.24, 2.45) is 0 Å². The van der Waals surface area contributed by atoms with Crippen LogP contribution in [0.15, 0.2) is 0 Å². The first kappa shape index (κ1) is 11.8. The van der Waals surface area contributed by atoms with E-state index in [1.54, 1.807) is 0 Å². The zero-order valence-corrected chi connectivity index (χ0v) is 10.8. The molecule has 15 heavy (non-hydrogen) atoms. The van der Waals surface area contributed by atoms with Crippen LogP contribution in [0.1, 0.15) is 58.3 Å². The van der Waals surface area contributed by atoms with E-state index >= 15 is 0 Å². The molecule has 2 rings (SSSR count). The van der Waals surface area contributed by atoms with Crippen LogP contribution in [-0.4, -0.2) is 23.1 Å². The lowest BCUT2D eigenvalue weighted by Gasteiger charge is -2.26. The molecular weight excluding hydrogens is 202 g/mol. The molecular formula is C13H25NS. The maximum Gasteiger partial charge on any atom is 0.0194 e. The summed E-state index contributed by atoms with van der Waals surface area (Å²) >= 11 is 2.14. The molecule has 2 fully saturated rings. The molecule has 1 N–H and O–H groups in total. The maximum atomic E-state index is 3.91. The Hall–Kier alpha value is 0.310. The minimum Gasteiger partial charge on any atom is -0.310 e. The Bertz CT molecular complexity index is 175. The van der Waals surface area contributed by atoms with Crippen LogP contribution in [0.4, 0.5) is 0 Å². The normalized spacial score (nSPS) is 35.0. The van der Waals surface area contributed by atoms with Crippen LogP contribution >= 0.6 is 11.8 Å². The molecule has 1 saturated heterocycles. The van der Waals surface area contributed by atoms with Crippen LogP contribution in [0.5, 0.6) is 0 Å². The van der Waals surface area contributed by atoms with Crippen LogP contribution in [0.2, 0.25) is 0 Å². The average molecular weight is 227 g/mol. The van der Waals surface area contributed by atoms with E-state index in [2.05, 4.69) is 24.0 Å². The fourth-order valence-corrected chi connectivity index (χ4v) is 4.08. The van der Waals surface area contributed by atoms with Crippen molar-refractivity contribution < 1.29 is 0 Å². The molecule has 0 aromatic rings. The lowest BCUT2D eigenvalue weighted by Crippen LogP contribution is -2.41. The Morgan fingerprint density at radius 1 is 0.933 bits per heavy atom. The summed E-state index contributed by atoms with van der Waals surface area (Å²) in [4.78, 5) is 0. The van der Waals surface area contributed by atoms with Crippen molar-refractivity contribution in [3.05, 3.63) is 0 Å². The molecule has 2 aliphatic rings. The number of nitrogens with one attached hydrogen (secondary N) is 1. The highest BCUT2D eigenvalue weighted by Gasteiger charge is 2.25. The maximum absolute atomic E-state index is 3.91. The second kappa shape index (κ2) is 6.15. The summed E-state index contributed by atoms with van der Waals surface area (Å²) in [6, 6.07) is 1.64. The topological polar surface area (TPSA) is 12.0 Å². The summed E-state index contributed by atoms with van der Waals surface area (Å²) in [6.07, 6.45) is 11.5. The second-order valence-electron chi connectivity index (χ2n) is 5.18. The number of hydrogen-bond donors (Lipinski definition) is 1. The van der Waals surface area contributed by atoms with Crippen molar-refractivity contribution in [3.8, 4) is 0 Å². The minimum absolute atomic E-state index is 0.805. The molecule has 1 aliphatic carbocycles. The molecule has 0 radical (unpaired) electrons. The van der Waals surface area contributed by atoms with Crippen LogP contribution in [0.3, 0.4) is 0 Å². The fourth-order valence-electron chi connectivity index (χ4n) is 2.88. The molecule has 1 nitrogen and oxygen atoms in total. The lowest BCUT2D eigenvalue weighted by atomic mass is 9.95. The predicted molar refractivity (Wildman–Crippen MR) is 69.6 cm³/mol. The standard InChI is InChI=1S/C13H25NS/c1-11-13(9-10-15-11)14-12-7-5-3-2-4-6-8-12/h11-14H,2-10H2,1H3. The van der Waals surface area contributed by atoms with Crippen molar-refractivity contribution in [1.29, 1.82) is 0 Å². The van der Waals surface area contributed by atoms with E-state index in [9.17, 15) is 0 Å². The third-order valence-corrected chi connectivity index (χ3v) is 5.26. The van der Waals surface area contributed by atoms with Crippen molar-refractivity contribution >= 4 is 11.8 Å². The van der Waals surface area contributed by atoms with Gasteiger partial charge in [-0.2, -0.15) is 11.8 Å². The molecule has 1 aliphatic heterocycles. The molecule has 1 saturated carbocycles. The van der Waals surface area contributed by atoms with Gasteiger partial charge in [-0.25, -0.2) is 0 Å². The molecule has 0 amide bonds. The van der Waals surface area contributed by atoms with Gasteiger partial charge in [-0.1, -0.05) is 39.0 Å². The third-order valence-electron chi connectivity index (χ3n) is 3.93. The molecule has 2 unspecified atom stereocenters. The van der Waals surface area contributed by atoms with Gasteiger partial charge >= 0.3 is 0 Å². The SMILES string of the molecule is CC1SCCC1NC1CCCCCCC1. The molecule has 0 spiro atoms. The Labute approximate surface area is 98.8 Å². The van der Waals surface area contributed by atoms with Crippen LogP contribution in [0.25, 0.3) is 0 Å². The highest BCUT2D eigenvalue weighted by molar-refractivity contribution is 8.00. The van der Waals surface area contributed by atoms with Crippen molar-refractivity contribution in [2.75, 3.05) is 5.75 Å². The van der Waals surface area contributed by atoms with Crippen molar-refractivity contribution in [2.45, 2.75) is 75.6 Å². The Morgan fingerprint density at radius 3 is 2.20 bits per heavy atom. The van der Waals surface area contributed by atoms with E-state index in [0.29, 0.717) is 0 Å².